The second-order valence-electron chi connectivity index (χ2n) is 3.47. The minimum Gasteiger partial charge on any atom is -0.355 e. The van der Waals surface area contributed by atoms with Crippen LogP contribution < -0.4 is 5.32 Å². The summed E-state index contributed by atoms with van der Waals surface area (Å²) in [5.74, 6) is 1.43. The number of amides is 1. The molecule has 2 aliphatic carbocycles. The maximum absolute atomic E-state index is 11.2. The van der Waals surface area contributed by atoms with Gasteiger partial charge >= 0.3 is 0 Å². The van der Waals surface area contributed by atoms with E-state index >= 15 is 0 Å². The van der Waals surface area contributed by atoms with Crippen molar-refractivity contribution in [1.82, 2.24) is 5.32 Å². The minimum absolute atomic E-state index is 0.136. The first-order valence-corrected chi connectivity index (χ1v) is 4.25. The van der Waals surface area contributed by atoms with Gasteiger partial charge in [-0.25, -0.2) is 0 Å². The fourth-order valence-corrected chi connectivity index (χ4v) is 2.25. The molecular formula is C9H13NO. The minimum atomic E-state index is 0.136. The first-order chi connectivity index (χ1) is 5.31. The van der Waals surface area contributed by atoms with Crippen LogP contribution >= 0.6 is 0 Å². The molecule has 2 nitrogen and oxygen atoms in total. The van der Waals surface area contributed by atoms with Crippen LogP contribution in [-0.2, 0) is 4.79 Å². The number of allylic oxidation sites excluding steroid dienone is 1. The van der Waals surface area contributed by atoms with E-state index in [2.05, 4.69) is 11.4 Å². The summed E-state index contributed by atoms with van der Waals surface area (Å²) < 4.78 is 0. The van der Waals surface area contributed by atoms with Gasteiger partial charge in [-0.2, -0.15) is 0 Å². The fourth-order valence-electron chi connectivity index (χ4n) is 2.25. The van der Waals surface area contributed by atoms with Gasteiger partial charge in [-0.1, -0.05) is 6.08 Å². The molecule has 1 fully saturated rings. The SMILES string of the molecule is CNC(=O)C1=CC2CCC1C2. The quantitative estimate of drug-likeness (QED) is 0.597. The van der Waals surface area contributed by atoms with Gasteiger partial charge in [0.15, 0.2) is 0 Å². The predicted molar refractivity (Wildman–Crippen MR) is 43.0 cm³/mol. The van der Waals surface area contributed by atoms with E-state index in [1.54, 1.807) is 7.05 Å². The predicted octanol–water partition coefficient (Wildman–Crippen LogP) is 1.09. The van der Waals surface area contributed by atoms with Crippen LogP contribution in [0.15, 0.2) is 11.6 Å². The van der Waals surface area contributed by atoms with Crippen LogP contribution in [0.5, 0.6) is 0 Å². The molecular weight excluding hydrogens is 138 g/mol. The van der Waals surface area contributed by atoms with Crippen molar-refractivity contribution in [1.29, 1.82) is 0 Å². The van der Waals surface area contributed by atoms with Gasteiger partial charge in [0.1, 0.15) is 0 Å². The summed E-state index contributed by atoms with van der Waals surface area (Å²) in [6.07, 6.45) is 5.91. The number of rotatable bonds is 1. The van der Waals surface area contributed by atoms with Gasteiger partial charge in [0.05, 0.1) is 0 Å². The summed E-state index contributed by atoms with van der Waals surface area (Å²) in [6.45, 7) is 0. The molecule has 0 aromatic heterocycles. The Morgan fingerprint density at radius 3 is 2.91 bits per heavy atom. The zero-order valence-electron chi connectivity index (χ0n) is 6.76. The molecule has 0 heterocycles. The van der Waals surface area contributed by atoms with Crippen molar-refractivity contribution >= 4 is 5.91 Å². The van der Waals surface area contributed by atoms with Gasteiger partial charge in [-0.15, -0.1) is 0 Å². The van der Waals surface area contributed by atoms with Gasteiger partial charge in [-0.3, -0.25) is 4.79 Å². The number of hydrogen-bond donors (Lipinski definition) is 1. The Hall–Kier alpha value is -0.790. The smallest absolute Gasteiger partial charge is 0.246 e. The molecule has 1 N–H and O–H groups in total. The third kappa shape index (κ3) is 0.971. The lowest BCUT2D eigenvalue weighted by Gasteiger charge is -2.10. The molecule has 2 rings (SSSR count). The Bertz CT molecular complexity index is 220. The van der Waals surface area contributed by atoms with Crippen molar-refractivity contribution < 1.29 is 4.79 Å². The number of carbonyl (C=O) groups is 1. The van der Waals surface area contributed by atoms with Crippen LogP contribution in [-0.4, -0.2) is 13.0 Å². The normalized spacial score (nSPS) is 33.7. The Morgan fingerprint density at radius 2 is 2.45 bits per heavy atom. The van der Waals surface area contributed by atoms with Crippen molar-refractivity contribution in [3.8, 4) is 0 Å². The van der Waals surface area contributed by atoms with E-state index in [1.165, 1.54) is 19.3 Å². The van der Waals surface area contributed by atoms with Crippen molar-refractivity contribution in [2.24, 2.45) is 11.8 Å². The van der Waals surface area contributed by atoms with Crippen LogP contribution in [0.1, 0.15) is 19.3 Å². The number of nitrogens with one attached hydrogen (secondary N) is 1. The lowest BCUT2D eigenvalue weighted by molar-refractivity contribution is -0.117. The highest BCUT2D eigenvalue weighted by molar-refractivity contribution is 5.94. The Balaban J connectivity index is 2.16. The largest absolute Gasteiger partial charge is 0.355 e. The van der Waals surface area contributed by atoms with Crippen LogP contribution in [0.4, 0.5) is 0 Å². The number of carbonyl (C=O) groups excluding carboxylic acids is 1. The van der Waals surface area contributed by atoms with Gasteiger partial charge in [-0.05, 0) is 31.1 Å². The Kier molecular flexibility index (Phi) is 1.48. The maximum Gasteiger partial charge on any atom is 0.246 e. The van der Waals surface area contributed by atoms with E-state index in [0.717, 1.165) is 5.57 Å². The second-order valence-corrected chi connectivity index (χ2v) is 3.47. The molecule has 2 bridgehead atoms. The molecule has 11 heavy (non-hydrogen) atoms. The van der Waals surface area contributed by atoms with E-state index in [1.807, 2.05) is 0 Å². The van der Waals surface area contributed by atoms with Crippen LogP contribution in [0.25, 0.3) is 0 Å². The summed E-state index contributed by atoms with van der Waals surface area (Å²) >= 11 is 0. The molecule has 0 radical (unpaired) electrons. The summed E-state index contributed by atoms with van der Waals surface area (Å²) in [4.78, 5) is 11.2. The topological polar surface area (TPSA) is 29.1 Å². The third-order valence-electron chi connectivity index (χ3n) is 2.82. The molecule has 60 valence electrons. The van der Waals surface area contributed by atoms with Crippen LogP contribution in [0.2, 0.25) is 0 Å². The molecule has 0 aromatic carbocycles. The summed E-state index contributed by atoms with van der Waals surface area (Å²) in [5.41, 5.74) is 1.05. The first kappa shape index (κ1) is 6.89. The number of likely N-dealkylation sites (N-methyl/N-ethyl adjacent to an activating group) is 1. The number of fused-ring (bicyclic) bond motifs is 2. The molecule has 0 saturated heterocycles. The van der Waals surface area contributed by atoms with Crippen molar-refractivity contribution in [3.63, 3.8) is 0 Å². The van der Waals surface area contributed by atoms with Gasteiger partial charge < -0.3 is 5.32 Å². The average molecular weight is 151 g/mol. The van der Waals surface area contributed by atoms with E-state index < -0.39 is 0 Å². The fraction of sp³-hybridized carbons (Fsp3) is 0.667. The van der Waals surface area contributed by atoms with Gasteiger partial charge in [0.25, 0.3) is 0 Å². The summed E-state index contributed by atoms with van der Waals surface area (Å²) in [5, 5.41) is 2.68. The molecule has 2 aliphatic rings. The molecule has 1 saturated carbocycles. The standard InChI is InChI=1S/C9H13NO/c1-10-9(11)8-5-6-2-3-7(8)4-6/h5-7H,2-4H2,1H3,(H,10,11). The van der Waals surface area contributed by atoms with Gasteiger partial charge in [0, 0.05) is 12.6 Å². The molecule has 0 aromatic rings. The molecule has 2 heteroatoms. The highest BCUT2D eigenvalue weighted by Crippen LogP contribution is 2.43. The van der Waals surface area contributed by atoms with E-state index in [9.17, 15) is 4.79 Å². The van der Waals surface area contributed by atoms with Crippen LogP contribution in [0, 0.1) is 11.8 Å². The van der Waals surface area contributed by atoms with Crippen molar-refractivity contribution in [2.45, 2.75) is 19.3 Å². The van der Waals surface area contributed by atoms with E-state index in [0.29, 0.717) is 11.8 Å². The highest BCUT2D eigenvalue weighted by atomic mass is 16.1. The van der Waals surface area contributed by atoms with E-state index in [4.69, 9.17) is 0 Å². The average Bonchev–Trinajstić information content (AvgIpc) is 2.62. The third-order valence-corrected chi connectivity index (χ3v) is 2.82. The molecule has 1 amide bonds. The Morgan fingerprint density at radius 1 is 1.64 bits per heavy atom. The Labute approximate surface area is 66.7 Å². The molecule has 2 atom stereocenters. The molecule has 0 aliphatic heterocycles. The zero-order chi connectivity index (χ0) is 7.84. The maximum atomic E-state index is 11.2. The zero-order valence-corrected chi connectivity index (χ0v) is 6.76. The van der Waals surface area contributed by atoms with Crippen LogP contribution in [0.3, 0.4) is 0 Å². The van der Waals surface area contributed by atoms with Crippen molar-refractivity contribution in [3.05, 3.63) is 11.6 Å². The molecule has 0 spiro atoms. The highest BCUT2D eigenvalue weighted by Gasteiger charge is 2.35. The van der Waals surface area contributed by atoms with Gasteiger partial charge in [0.2, 0.25) is 5.91 Å². The first-order valence-electron chi connectivity index (χ1n) is 4.25. The number of hydrogen-bond acceptors (Lipinski definition) is 1. The second kappa shape index (κ2) is 2.36. The summed E-state index contributed by atoms with van der Waals surface area (Å²) in [6, 6.07) is 0. The van der Waals surface area contributed by atoms with Crippen molar-refractivity contribution in [2.75, 3.05) is 7.05 Å². The monoisotopic (exact) mass is 151 g/mol. The lowest BCUT2D eigenvalue weighted by atomic mass is 9.98. The molecule has 2 unspecified atom stereocenters. The summed E-state index contributed by atoms with van der Waals surface area (Å²) in [7, 11) is 1.70. The lowest BCUT2D eigenvalue weighted by Crippen LogP contribution is -2.22. The van der Waals surface area contributed by atoms with E-state index in [-0.39, 0.29) is 5.91 Å².